The van der Waals surface area contributed by atoms with Gasteiger partial charge in [0.05, 0.1) is 17.0 Å². The van der Waals surface area contributed by atoms with E-state index in [1.165, 1.54) is 12.4 Å². The fraction of sp³-hybridized carbons (Fsp3) is 0.318. The highest BCUT2D eigenvalue weighted by Crippen LogP contribution is 2.36. The summed E-state index contributed by atoms with van der Waals surface area (Å²) in [4.78, 5) is 15.9. The highest BCUT2D eigenvalue weighted by molar-refractivity contribution is 7.89. The number of carbonyl (C=O) groups excluding carboxylic acids is 1. The molecule has 0 saturated carbocycles. The highest BCUT2D eigenvalue weighted by Gasteiger charge is 2.40. The molecule has 0 bridgehead atoms. The Morgan fingerprint density at radius 1 is 1.03 bits per heavy atom. The van der Waals surface area contributed by atoms with Crippen molar-refractivity contribution < 1.29 is 26.4 Å². The van der Waals surface area contributed by atoms with E-state index < -0.39 is 32.6 Å². The first kappa shape index (κ1) is 23.9. The average molecular weight is 494 g/mol. The second kappa shape index (κ2) is 9.55. The molecule has 8 nitrogen and oxygen atoms in total. The summed E-state index contributed by atoms with van der Waals surface area (Å²) in [5.41, 5.74) is -0.182. The predicted octanol–water partition coefficient (Wildman–Crippen LogP) is 3.38. The SMILES string of the molecule is O=C(Nc1ncn(Cc2ccccc2)n1)C1CCN(S(=O)(=O)c2ccccc2C(F)(F)F)CC1. The number of piperidine rings is 1. The molecule has 1 fully saturated rings. The van der Waals surface area contributed by atoms with Crippen LogP contribution in [-0.4, -0.2) is 46.5 Å². The number of sulfonamides is 1. The van der Waals surface area contributed by atoms with Gasteiger partial charge in [-0.2, -0.15) is 17.5 Å². The van der Waals surface area contributed by atoms with E-state index in [0.717, 1.165) is 28.1 Å². The van der Waals surface area contributed by atoms with Crippen LogP contribution in [0.1, 0.15) is 24.0 Å². The van der Waals surface area contributed by atoms with Gasteiger partial charge in [0.15, 0.2) is 0 Å². The van der Waals surface area contributed by atoms with Gasteiger partial charge in [-0.1, -0.05) is 42.5 Å². The largest absolute Gasteiger partial charge is 0.417 e. The molecular formula is C22H22F3N5O3S. The van der Waals surface area contributed by atoms with Crippen LogP contribution in [0.25, 0.3) is 0 Å². The highest BCUT2D eigenvalue weighted by atomic mass is 32.2. The Bertz CT molecular complexity index is 1250. The van der Waals surface area contributed by atoms with Crippen molar-refractivity contribution in [1.29, 1.82) is 0 Å². The van der Waals surface area contributed by atoms with E-state index in [1.807, 2.05) is 30.3 Å². The van der Waals surface area contributed by atoms with Gasteiger partial charge in [-0.05, 0) is 30.5 Å². The third kappa shape index (κ3) is 5.28. The van der Waals surface area contributed by atoms with Crippen molar-refractivity contribution in [3.8, 4) is 0 Å². The van der Waals surface area contributed by atoms with E-state index in [-0.39, 0.29) is 37.8 Å². The number of aromatic nitrogens is 3. The summed E-state index contributed by atoms with van der Waals surface area (Å²) in [5.74, 6) is -0.731. The standard InChI is InChI=1S/C22H22F3N5O3S/c23-22(24,25)18-8-4-5-9-19(18)34(32,33)30-12-10-17(11-13-30)20(31)27-21-26-15-29(28-21)14-16-6-2-1-3-7-16/h1-9,15,17H,10-14H2,(H,27,28,31). The van der Waals surface area contributed by atoms with E-state index in [1.54, 1.807) is 4.68 Å². The van der Waals surface area contributed by atoms with Gasteiger partial charge in [-0.3, -0.25) is 10.1 Å². The van der Waals surface area contributed by atoms with E-state index in [4.69, 9.17) is 0 Å². The number of anilines is 1. The van der Waals surface area contributed by atoms with E-state index in [0.29, 0.717) is 6.54 Å². The number of alkyl halides is 3. The van der Waals surface area contributed by atoms with Crippen molar-refractivity contribution in [1.82, 2.24) is 19.1 Å². The number of amides is 1. The molecule has 4 rings (SSSR count). The molecule has 12 heteroatoms. The van der Waals surface area contributed by atoms with Crippen LogP contribution in [0.5, 0.6) is 0 Å². The minimum absolute atomic E-state index is 0.0670. The molecule has 1 aromatic heterocycles. The fourth-order valence-corrected chi connectivity index (χ4v) is 5.52. The monoisotopic (exact) mass is 493 g/mol. The third-order valence-electron chi connectivity index (χ3n) is 5.59. The molecule has 0 aliphatic carbocycles. The Morgan fingerprint density at radius 3 is 2.35 bits per heavy atom. The number of rotatable bonds is 6. The van der Waals surface area contributed by atoms with E-state index in [2.05, 4.69) is 15.4 Å². The van der Waals surface area contributed by atoms with Crippen molar-refractivity contribution >= 4 is 21.9 Å². The number of nitrogens with zero attached hydrogens (tertiary/aromatic N) is 4. The molecule has 2 aromatic carbocycles. The van der Waals surface area contributed by atoms with E-state index >= 15 is 0 Å². The van der Waals surface area contributed by atoms with Crippen LogP contribution >= 0.6 is 0 Å². The van der Waals surface area contributed by atoms with Crippen LogP contribution in [0.4, 0.5) is 19.1 Å². The second-order valence-electron chi connectivity index (χ2n) is 7.91. The zero-order valence-corrected chi connectivity index (χ0v) is 18.8. The maximum absolute atomic E-state index is 13.3. The summed E-state index contributed by atoms with van der Waals surface area (Å²) in [5, 5.41) is 6.86. The lowest BCUT2D eigenvalue weighted by Crippen LogP contribution is -2.42. The Balaban J connectivity index is 1.36. The van der Waals surface area contributed by atoms with Crippen molar-refractivity contribution in [2.45, 2.75) is 30.5 Å². The number of hydrogen-bond donors (Lipinski definition) is 1. The molecular weight excluding hydrogens is 471 g/mol. The quantitative estimate of drug-likeness (QED) is 0.568. The number of halogens is 3. The fourth-order valence-electron chi connectivity index (χ4n) is 3.83. The molecule has 0 atom stereocenters. The smallest absolute Gasteiger partial charge is 0.293 e. The van der Waals surface area contributed by atoms with E-state index in [9.17, 15) is 26.4 Å². The van der Waals surface area contributed by atoms with Crippen LogP contribution in [0, 0.1) is 5.92 Å². The number of benzene rings is 2. The zero-order chi connectivity index (χ0) is 24.3. The Labute approximate surface area is 194 Å². The first-order valence-electron chi connectivity index (χ1n) is 10.6. The Morgan fingerprint density at radius 2 is 1.68 bits per heavy atom. The van der Waals surface area contributed by atoms with Crippen molar-refractivity contribution in [3.63, 3.8) is 0 Å². The van der Waals surface area contributed by atoms with Gasteiger partial charge in [0.1, 0.15) is 6.33 Å². The minimum atomic E-state index is -4.79. The topological polar surface area (TPSA) is 97.2 Å². The molecule has 0 radical (unpaired) electrons. The third-order valence-corrected chi connectivity index (χ3v) is 7.55. The molecule has 1 N–H and O–H groups in total. The molecule has 1 saturated heterocycles. The summed E-state index contributed by atoms with van der Waals surface area (Å²) in [6, 6.07) is 13.7. The second-order valence-corrected chi connectivity index (χ2v) is 9.82. The van der Waals surface area contributed by atoms with Gasteiger partial charge in [-0.25, -0.2) is 18.1 Å². The maximum atomic E-state index is 13.3. The van der Waals surface area contributed by atoms with Crippen LogP contribution in [-0.2, 0) is 27.5 Å². The molecule has 1 aliphatic heterocycles. The average Bonchev–Trinajstić information content (AvgIpc) is 3.25. The lowest BCUT2D eigenvalue weighted by Gasteiger charge is -2.31. The summed E-state index contributed by atoms with van der Waals surface area (Å²) >= 11 is 0. The van der Waals surface area contributed by atoms with Crippen molar-refractivity contribution in [2.75, 3.05) is 18.4 Å². The van der Waals surface area contributed by atoms with Crippen LogP contribution in [0.2, 0.25) is 0 Å². The summed E-state index contributed by atoms with van der Waals surface area (Å²) in [6.07, 6.45) is -2.96. The van der Waals surface area contributed by atoms with Crippen molar-refractivity contribution in [3.05, 3.63) is 72.1 Å². The predicted molar refractivity (Wildman–Crippen MR) is 117 cm³/mol. The summed E-state index contributed by atoms with van der Waals surface area (Å²) in [7, 11) is -4.36. The molecule has 3 aromatic rings. The van der Waals surface area contributed by atoms with Gasteiger partial charge >= 0.3 is 6.18 Å². The van der Waals surface area contributed by atoms with Crippen LogP contribution in [0.3, 0.4) is 0 Å². The Kier molecular flexibility index (Phi) is 6.71. The Hall–Kier alpha value is -3.25. The molecule has 2 heterocycles. The maximum Gasteiger partial charge on any atom is 0.417 e. The molecule has 1 amide bonds. The lowest BCUT2D eigenvalue weighted by molar-refractivity contribution is -0.139. The first-order valence-corrected chi connectivity index (χ1v) is 12.0. The normalized spacial score (nSPS) is 15.9. The molecule has 180 valence electrons. The lowest BCUT2D eigenvalue weighted by atomic mass is 9.97. The molecule has 0 spiro atoms. The van der Waals surface area contributed by atoms with Crippen LogP contribution in [0.15, 0.2) is 65.8 Å². The van der Waals surface area contributed by atoms with Gasteiger partial charge in [0, 0.05) is 19.0 Å². The van der Waals surface area contributed by atoms with Gasteiger partial charge in [0.2, 0.25) is 21.9 Å². The number of carbonyl (C=O) groups is 1. The van der Waals surface area contributed by atoms with Crippen molar-refractivity contribution in [2.24, 2.45) is 5.92 Å². The molecule has 0 unspecified atom stereocenters. The van der Waals surface area contributed by atoms with Gasteiger partial charge in [0.25, 0.3) is 0 Å². The minimum Gasteiger partial charge on any atom is -0.293 e. The first-order chi connectivity index (χ1) is 16.1. The zero-order valence-electron chi connectivity index (χ0n) is 17.9. The number of nitrogens with one attached hydrogen (secondary N) is 1. The molecule has 1 aliphatic rings. The number of hydrogen-bond acceptors (Lipinski definition) is 5. The summed E-state index contributed by atoms with van der Waals surface area (Å²) < 4.78 is 68.2. The van der Waals surface area contributed by atoms with Crippen LogP contribution < -0.4 is 5.32 Å². The van der Waals surface area contributed by atoms with Gasteiger partial charge in [-0.15, -0.1) is 5.10 Å². The summed E-state index contributed by atoms with van der Waals surface area (Å²) in [6.45, 7) is 0.352. The molecule has 34 heavy (non-hydrogen) atoms. The van der Waals surface area contributed by atoms with Gasteiger partial charge < -0.3 is 0 Å².